The van der Waals surface area contributed by atoms with E-state index in [0.29, 0.717) is 0 Å². The third-order valence-electron chi connectivity index (χ3n) is 4.25. The molecule has 7 heteroatoms. The first-order valence-electron chi connectivity index (χ1n) is 8.37. The third kappa shape index (κ3) is 4.36. The van der Waals surface area contributed by atoms with Crippen LogP contribution in [0.4, 0.5) is 0 Å². The van der Waals surface area contributed by atoms with E-state index in [4.69, 9.17) is 16.2 Å². The summed E-state index contributed by atoms with van der Waals surface area (Å²) >= 11 is 1.58. The number of hydrogen-bond acceptors (Lipinski definition) is 5. The number of thiazole rings is 1. The van der Waals surface area contributed by atoms with E-state index in [9.17, 15) is 0 Å². The third-order valence-corrected chi connectivity index (χ3v) is 5.57. The summed E-state index contributed by atoms with van der Waals surface area (Å²) in [6.07, 6.45) is 3.92. The lowest BCUT2D eigenvalue weighted by Gasteiger charge is -2.25. The summed E-state index contributed by atoms with van der Waals surface area (Å²) in [5.41, 5.74) is 13.4. The van der Waals surface area contributed by atoms with Crippen molar-refractivity contribution in [3.8, 4) is 16.3 Å². The highest BCUT2D eigenvalue weighted by atomic mass is 32.1. The highest BCUT2D eigenvalue weighted by molar-refractivity contribution is 7.17. The van der Waals surface area contributed by atoms with Gasteiger partial charge in [-0.1, -0.05) is 6.42 Å². The van der Waals surface area contributed by atoms with Gasteiger partial charge in [-0.3, -0.25) is 0 Å². The molecule has 1 fully saturated rings. The SMILES string of the molecule is C/C(=N\N=C(N)N)c1sc(-c2ccc(OCC3CCC3)cc2)nc1C. The fraction of sp³-hybridized carbons (Fsp3) is 0.389. The molecule has 0 aliphatic heterocycles. The number of hydrogen-bond donors (Lipinski definition) is 2. The van der Waals surface area contributed by atoms with Gasteiger partial charge in [0, 0.05) is 5.56 Å². The van der Waals surface area contributed by atoms with E-state index in [1.54, 1.807) is 11.3 Å². The second kappa shape index (κ2) is 7.65. The summed E-state index contributed by atoms with van der Waals surface area (Å²) < 4.78 is 5.85. The van der Waals surface area contributed by atoms with Crippen molar-refractivity contribution in [3.05, 3.63) is 34.8 Å². The van der Waals surface area contributed by atoms with E-state index in [0.717, 1.165) is 45.1 Å². The molecule has 0 spiro atoms. The maximum absolute atomic E-state index is 5.85. The smallest absolute Gasteiger partial charge is 0.211 e. The standard InChI is InChI=1S/C18H23N5OS/c1-11-16(12(2)22-23-18(19)20)25-17(21-11)14-6-8-15(9-7-14)24-10-13-4-3-5-13/h6-9,13H,3-5,10H2,1-2H3,(H4,19,20,23)/b22-12+. The minimum atomic E-state index is -0.0563. The topological polar surface area (TPSA) is 98.9 Å². The first kappa shape index (κ1) is 17.4. The van der Waals surface area contributed by atoms with Gasteiger partial charge in [-0.05, 0) is 56.9 Å². The van der Waals surface area contributed by atoms with Crippen LogP contribution in [0.15, 0.2) is 34.5 Å². The molecule has 0 saturated heterocycles. The molecule has 0 amide bonds. The molecule has 2 aromatic rings. The van der Waals surface area contributed by atoms with Crippen LogP contribution < -0.4 is 16.2 Å². The maximum Gasteiger partial charge on any atom is 0.211 e. The maximum atomic E-state index is 5.85. The second-order valence-corrected chi connectivity index (χ2v) is 7.28. The highest BCUT2D eigenvalue weighted by Crippen LogP contribution is 2.31. The highest BCUT2D eigenvalue weighted by Gasteiger charge is 2.18. The number of nitrogens with zero attached hydrogens (tertiary/aromatic N) is 3. The molecular formula is C18H23N5OS. The van der Waals surface area contributed by atoms with Crippen LogP contribution in [0.3, 0.4) is 0 Å². The van der Waals surface area contributed by atoms with Gasteiger partial charge in [0.05, 0.1) is 22.9 Å². The number of aryl methyl sites for hydroxylation is 1. The van der Waals surface area contributed by atoms with Gasteiger partial charge in [-0.2, -0.15) is 5.10 Å². The first-order chi connectivity index (χ1) is 12.0. The Morgan fingerprint density at radius 1 is 1.24 bits per heavy atom. The summed E-state index contributed by atoms with van der Waals surface area (Å²) in [6.45, 7) is 4.65. The Balaban J connectivity index is 1.72. The van der Waals surface area contributed by atoms with Gasteiger partial charge in [0.15, 0.2) is 0 Å². The summed E-state index contributed by atoms with van der Waals surface area (Å²) in [5.74, 6) is 1.59. The van der Waals surface area contributed by atoms with Crippen molar-refractivity contribution >= 4 is 23.0 Å². The lowest BCUT2D eigenvalue weighted by atomic mass is 9.86. The van der Waals surface area contributed by atoms with Crippen LogP contribution in [-0.2, 0) is 0 Å². The summed E-state index contributed by atoms with van der Waals surface area (Å²) in [5, 5.41) is 8.68. The number of guanidine groups is 1. The van der Waals surface area contributed by atoms with Gasteiger partial charge in [-0.25, -0.2) is 4.98 Å². The fourth-order valence-electron chi connectivity index (χ4n) is 2.60. The molecule has 1 aromatic carbocycles. The van der Waals surface area contributed by atoms with Crippen molar-refractivity contribution in [2.45, 2.75) is 33.1 Å². The number of rotatable bonds is 6. The summed E-state index contributed by atoms with van der Waals surface area (Å²) in [4.78, 5) is 5.62. The molecule has 25 heavy (non-hydrogen) atoms. The molecule has 132 valence electrons. The Morgan fingerprint density at radius 2 is 1.96 bits per heavy atom. The van der Waals surface area contributed by atoms with Gasteiger partial charge in [0.1, 0.15) is 10.8 Å². The molecule has 1 aromatic heterocycles. The number of benzene rings is 1. The van der Waals surface area contributed by atoms with Crippen LogP contribution in [0, 0.1) is 12.8 Å². The summed E-state index contributed by atoms with van der Waals surface area (Å²) in [6, 6.07) is 8.09. The largest absolute Gasteiger partial charge is 0.493 e. The van der Waals surface area contributed by atoms with Gasteiger partial charge >= 0.3 is 0 Å². The van der Waals surface area contributed by atoms with Crippen LogP contribution in [0.5, 0.6) is 5.75 Å². The van der Waals surface area contributed by atoms with Crippen molar-refractivity contribution < 1.29 is 4.74 Å². The number of aromatic nitrogens is 1. The van der Waals surface area contributed by atoms with Crippen LogP contribution in [0.1, 0.15) is 36.8 Å². The molecule has 0 bridgehead atoms. The quantitative estimate of drug-likeness (QED) is 0.471. The van der Waals surface area contributed by atoms with Crippen molar-refractivity contribution in [2.24, 2.45) is 27.6 Å². The number of nitrogens with two attached hydrogens (primary N) is 2. The number of ether oxygens (including phenoxy) is 1. The molecule has 1 aliphatic rings. The molecule has 1 heterocycles. The van der Waals surface area contributed by atoms with Crippen LogP contribution in [-0.4, -0.2) is 23.3 Å². The molecule has 1 aliphatic carbocycles. The monoisotopic (exact) mass is 357 g/mol. The van der Waals surface area contributed by atoms with Gasteiger partial charge in [-0.15, -0.1) is 16.4 Å². The van der Waals surface area contributed by atoms with E-state index in [2.05, 4.69) is 15.2 Å². The Bertz CT molecular complexity index is 786. The van der Waals surface area contributed by atoms with Crippen molar-refractivity contribution in [1.29, 1.82) is 0 Å². The predicted octanol–water partition coefficient (Wildman–Crippen LogP) is 3.29. The van der Waals surface area contributed by atoms with Crippen molar-refractivity contribution in [2.75, 3.05) is 6.61 Å². The second-order valence-electron chi connectivity index (χ2n) is 6.28. The average Bonchev–Trinajstić information content (AvgIpc) is 2.93. The minimum Gasteiger partial charge on any atom is -0.493 e. The first-order valence-corrected chi connectivity index (χ1v) is 9.19. The Hall–Kier alpha value is -2.41. The van der Waals surface area contributed by atoms with E-state index < -0.39 is 0 Å². The summed E-state index contributed by atoms with van der Waals surface area (Å²) in [7, 11) is 0. The zero-order valence-electron chi connectivity index (χ0n) is 14.5. The lowest BCUT2D eigenvalue weighted by Crippen LogP contribution is -2.22. The van der Waals surface area contributed by atoms with Crippen LogP contribution >= 0.6 is 11.3 Å². The van der Waals surface area contributed by atoms with Crippen LogP contribution in [0.2, 0.25) is 0 Å². The van der Waals surface area contributed by atoms with Crippen molar-refractivity contribution in [3.63, 3.8) is 0 Å². The Labute approximate surface area is 151 Å². The average molecular weight is 357 g/mol. The molecule has 0 radical (unpaired) electrons. The zero-order chi connectivity index (χ0) is 17.8. The molecule has 4 N–H and O–H groups in total. The Kier molecular flexibility index (Phi) is 5.33. The van der Waals surface area contributed by atoms with E-state index in [1.807, 2.05) is 38.1 Å². The molecule has 0 unspecified atom stereocenters. The van der Waals surface area contributed by atoms with Crippen LogP contribution in [0.25, 0.3) is 10.6 Å². The van der Waals surface area contributed by atoms with E-state index in [1.165, 1.54) is 19.3 Å². The molecule has 1 saturated carbocycles. The molecule has 6 nitrogen and oxygen atoms in total. The molecule has 3 rings (SSSR count). The van der Waals surface area contributed by atoms with Crippen molar-refractivity contribution in [1.82, 2.24) is 4.98 Å². The molecular weight excluding hydrogens is 334 g/mol. The van der Waals surface area contributed by atoms with E-state index >= 15 is 0 Å². The Morgan fingerprint density at radius 3 is 2.56 bits per heavy atom. The minimum absolute atomic E-state index is 0.0563. The van der Waals surface area contributed by atoms with Gasteiger partial charge in [0.2, 0.25) is 5.96 Å². The predicted molar refractivity (Wildman–Crippen MR) is 103 cm³/mol. The molecule has 0 atom stereocenters. The van der Waals surface area contributed by atoms with Gasteiger partial charge < -0.3 is 16.2 Å². The van der Waals surface area contributed by atoms with E-state index in [-0.39, 0.29) is 5.96 Å². The zero-order valence-corrected chi connectivity index (χ0v) is 15.3. The fourth-order valence-corrected chi connectivity index (χ4v) is 3.61. The lowest BCUT2D eigenvalue weighted by molar-refractivity contribution is 0.180. The normalized spacial score (nSPS) is 14.9. The van der Waals surface area contributed by atoms with Gasteiger partial charge in [0.25, 0.3) is 0 Å².